The van der Waals surface area contributed by atoms with Crippen molar-refractivity contribution in [3.05, 3.63) is 197 Å². The molecule has 0 atom stereocenters. The van der Waals surface area contributed by atoms with Crippen molar-refractivity contribution < 1.29 is 9.59 Å². The second-order valence-electron chi connectivity index (χ2n) is 13.2. The van der Waals surface area contributed by atoms with Crippen LogP contribution in [0.15, 0.2) is 125 Å². The SMILES string of the molecule is Cc1ccc(C(=O)c2c[nH]c3ccccc3c2=O)cc1C.Cc1ccc(C(=O)c2cn(Cc3c(C)cccc3C)c3ccccc3c2=O)cc1C. The number of aromatic amines is 1. The number of aromatic nitrogens is 2. The molecule has 0 amide bonds. The Morgan fingerprint density at radius 1 is 0.549 bits per heavy atom. The van der Waals surface area contributed by atoms with Gasteiger partial charge in [-0.2, -0.15) is 0 Å². The second kappa shape index (κ2) is 14.4. The maximum atomic E-state index is 13.3. The molecule has 0 aliphatic carbocycles. The summed E-state index contributed by atoms with van der Waals surface area (Å²) in [6.45, 7) is 12.7. The van der Waals surface area contributed by atoms with Crippen molar-refractivity contribution in [2.24, 2.45) is 0 Å². The first-order chi connectivity index (χ1) is 24.4. The summed E-state index contributed by atoms with van der Waals surface area (Å²) in [5, 5.41) is 1.10. The van der Waals surface area contributed by atoms with Crippen molar-refractivity contribution in [1.29, 1.82) is 0 Å². The van der Waals surface area contributed by atoms with Gasteiger partial charge in [-0.25, -0.2) is 0 Å². The molecular weight excluding hydrogens is 633 g/mol. The third-order valence-electron chi connectivity index (χ3n) is 9.78. The van der Waals surface area contributed by atoms with Gasteiger partial charge in [-0.05, 0) is 117 Å². The fourth-order valence-corrected chi connectivity index (χ4v) is 6.32. The maximum Gasteiger partial charge on any atom is 0.200 e. The molecule has 0 spiro atoms. The molecule has 1 N–H and O–H groups in total. The third kappa shape index (κ3) is 6.99. The monoisotopic (exact) mass is 672 g/mol. The molecule has 0 saturated carbocycles. The quantitative estimate of drug-likeness (QED) is 0.179. The number of nitrogens with one attached hydrogen (secondary N) is 1. The lowest BCUT2D eigenvalue weighted by Gasteiger charge is -2.16. The summed E-state index contributed by atoms with van der Waals surface area (Å²) in [6.07, 6.45) is 3.23. The summed E-state index contributed by atoms with van der Waals surface area (Å²) < 4.78 is 2.03. The zero-order valence-corrected chi connectivity index (χ0v) is 29.8. The zero-order valence-electron chi connectivity index (χ0n) is 29.8. The predicted molar refractivity (Wildman–Crippen MR) is 206 cm³/mol. The van der Waals surface area contributed by atoms with Crippen molar-refractivity contribution in [3.63, 3.8) is 0 Å². The standard InChI is InChI=1S/C27H25NO2.C18H15NO2/c1-17-12-13-21(14-20(17)4)26(29)24-16-28(15-23-18(2)8-7-9-19(23)3)25-11-6-5-10-22(25)27(24)30;1-11-7-8-13(9-12(11)2)17(20)15-10-19-16-6-4-3-5-14(16)18(15)21/h5-14,16H,15H2,1-4H3;3-10H,1-2H3,(H,19,21). The normalized spacial score (nSPS) is 10.9. The highest BCUT2D eigenvalue weighted by molar-refractivity contribution is 6.11. The Hall–Kier alpha value is -6.14. The molecule has 254 valence electrons. The Labute approximate surface area is 297 Å². The van der Waals surface area contributed by atoms with E-state index in [1.54, 1.807) is 36.5 Å². The van der Waals surface area contributed by atoms with Crippen LogP contribution in [0.3, 0.4) is 0 Å². The van der Waals surface area contributed by atoms with Gasteiger partial charge in [0, 0.05) is 46.4 Å². The number of aryl methyl sites for hydroxylation is 6. The number of fused-ring (bicyclic) bond motifs is 2. The number of rotatable bonds is 6. The summed E-state index contributed by atoms with van der Waals surface area (Å²) in [7, 11) is 0. The van der Waals surface area contributed by atoms with Gasteiger partial charge in [0.1, 0.15) is 0 Å². The molecule has 2 heterocycles. The lowest BCUT2D eigenvalue weighted by molar-refractivity contribution is 0.102. The van der Waals surface area contributed by atoms with Crippen LogP contribution in [-0.4, -0.2) is 21.1 Å². The second-order valence-corrected chi connectivity index (χ2v) is 13.2. The Bertz CT molecular complexity index is 2590. The maximum absolute atomic E-state index is 13.3. The van der Waals surface area contributed by atoms with Crippen LogP contribution < -0.4 is 10.9 Å². The average molecular weight is 673 g/mol. The van der Waals surface area contributed by atoms with E-state index in [-0.39, 0.29) is 33.6 Å². The highest BCUT2D eigenvalue weighted by Gasteiger charge is 2.19. The van der Waals surface area contributed by atoms with E-state index in [9.17, 15) is 19.2 Å². The number of carbonyl (C=O) groups is 2. The number of ketones is 2. The molecule has 0 bridgehead atoms. The Balaban J connectivity index is 0.000000187. The van der Waals surface area contributed by atoms with Crippen LogP contribution in [0, 0.1) is 41.5 Å². The van der Waals surface area contributed by atoms with E-state index >= 15 is 0 Å². The minimum Gasteiger partial charge on any atom is -0.360 e. The van der Waals surface area contributed by atoms with Crippen molar-refractivity contribution in [2.75, 3.05) is 0 Å². The number of pyridine rings is 2. The highest BCUT2D eigenvalue weighted by atomic mass is 16.1. The third-order valence-corrected chi connectivity index (χ3v) is 9.78. The number of hydrogen-bond acceptors (Lipinski definition) is 4. The molecule has 7 rings (SSSR count). The van der Waals surface area contributed by atoms with Crippen molar-refractivity contribution in [1.82, 2.24) is 9.55 Å². The lowest BCUT2D eigenvalue weighted by Crippen LogP contribution is -2.20. The molecule has 0 fully saturated rings. The number of benzene rings is 5. The average Bonchev–Trinajstić information content (AvgIpc) is 3.13. The van der Waals surface area contributed by atoms with Gasteiger partial charge < -0.3 is 9.55 Å². The number of carbonyl (C=O) groups excluding carboxylic acids is 2. The van der Waals surface area contributed by atoms with Crippen molar-refractivity contribution in [2.45, 2.75) is 48.1 Å². The van der Waals surface area contributed by atoms with Crippen LogP contribution in [0.2, 0.25) is 0 Å². The lowest BCUT2D eigenvalue weighted by atomic mass is 9.98. The summed E-state index contributed by atoms with van der Waals surface area (Å²) >= 11 is 0. The van der Waals surface area contributed by atoms with Crippen molar-refractivity contribution >= 4 is 33.4 Å². The van der Waals surface area contributed by atoms with Crippen LogP contribution in [0.4, 0.5) is 0 Å². The first kappa shape index (κ1) is 34.7. The molecular formula is C45H40N2O4. The molecule has 0 aliphatic rings. The van der Waals surface area contributed by atoms with Gasteiger partial charge in [0.15, 0.2) is 11.6 Å². The molecule has 51 heavy (non-hydrogen) atoms. The molecule has 0 unspecified atom stereocenters. The fourth-order valence-electron chi connectivity index (χ4n) is 6.32. The Kier molecular flexibility index (Phi) is 9.79. The highest BCUT2D eigenvalue weighted by Crippen LogP contribution is 2.21. The van der Waals surface area contributed by atoms with Gasteiger partial charge >= 0.3 is 0 Å². The van der Waals surface area contributed by atoms with Gasteiger partial charge in [-0.1, -0.05) is 66.7 Å². The summed E-state index contributed by atoms with van der Waals surface area (Å²) in [4.78, 5) is 54.5. The van der Waals surface area contributed by atoms with Gasteiger partial charge in [0.25, 0.3) is 0 Å². The number of H-pyrrole nitrogens is 1. The van der Waals surface area contributed by atoms with E-state index in [2.05, 4.69) is 31.0 Å². The number of hydrogen-bond donors (Lipinski definition) is 1. The first-order valence-corrected chi connectivity index (χ1v) is 17.0. The topological polar surface area (TPSA) is 89.0 Å². The van der Waals surface area contributed by atoms with Crippen molar-refractivity contribution in [3.8, 4) is 0 Å². The van der Waals surface area contributed by atoms with Gasteiger partial charge in [0.2, 0.25) is 10.9 Å². The molecule has 0 aliphatic heterocycles. The van der Waals surface area contributed by atoms with Gasteiger partial charge in [-0.15, -0.1) is 0 Å². The van der Waals surface area contributed by atoms with E-state index in [4.69, 9.17) is 0 Å². The van der Waals surface area contributed by atoms with E-state index in [0.717, 1.165) is 33.3 Å². The zero-order chi connectivity index (χ0) is 36.4. The minimum absolute atomic E-state index is 0.178. The van der Waals surface area contributed by atoms with Gasteiger partial charge in [0.05, 0.1) is 16.6 Å². The van der Waals surface area contributed by atoms with E-state index < -0.39 is 0 Å². The number of para-hydroxylation sites is 2. The summed E-state index contributed by atoms with van der Waals surface area (Å²) in [5.74, 6) is -0.478. The molecule has 6 heteroatoms. The summed E-state index contributed by atoms with van der Waals surface area (Å²) in [6, 6.07) is 32.0. The molecule has 0 radical (unpaired) electrons. The first-order valence-electron chi connectivity index (χ1n) is 17.0. The van der Waals surface area contributed by atoms with E-state index in [1.165, 1.54) is 22.9 Å². The molecule has 7 aromatic rings. The summed E-state index contributed by atoms with van der Waals surface area (Å²) in [5.41, 5.74) is 10.5. The van der Waals surface area contributed by atoms with Gasteiger partial charge in [-0.3, -0.25) is 19.2 Å². The van der Waals surface area contributed by atoms with Crippen LogP contribution in [0.5, 0.6) is 0 Å². The smallest absolute Gasteiger partial charge is 0.200 e. The molecule has 0 saturated heterocycles. The van der Waals surface area contributed by atoms with E-state index in [1.807, 2.05) is 92.9 Å². The van der Waals surface area contributed by atoms with E-state index in [0.29, 0.717) is 28.4 Å². The Morgan fingerprint density at radius 2 is 1.08 bits per heavy atom. The van der Waals surface area contributed by atoms with Crippen LogP contribution >= 0.6 is 0 Å². The van der Waals surface area contributed by atoms with Crippen LogP contribution in [0.1, 0.15) is 70.8 Å². The fraction of sp³-hybridized carbons (Fsp3) is 0.156. The van der Waals surface area contributed by atoms with Crippen LogP contribution in [0.25, 0.3) is 21.8 Å². The van der Waals surface area contributed by atoms with Crippen LogP contribution in [-0.2, 0) is 6.54 Å². The minimum atomic E-state index is -0.245. The number of nitrogens with zero attached hydrogens (tertiary/aromatic N) is 1. The molecule has 5 aromatic carbocycles. The Morgan fingerprint density at radius 3 is 1.69 bits per heavy atom. The molecule has 2 aromatic heterocycles. The predicted octanol–water partition coefficient (Wildman–Crippen LogP) is 8.89. The largest absolute Gasteiger partial charge is 0.360 e. The molecule has 6 nitrogen and oxygen atoms in total.